The third-order valence-corrected chi connectivity index (χ3v) is 4.00. The zero-order valence-corrected chi connectivity index (χ0v) is 15.4. The highest BCUT2D eigenvalue weighted by molar-refractivity contribution is 5.99. The molecule has 0 fully saturated rings. The number of methoxy groups -OCH3 is 1. The molecular weight excluding hydrogens is 350 g/mol. The molecule has 0 aliphatic carbocycles. The Morgan fingerprint density at radius 2 is 1.96 bits per heavy atom. The number of rotatable bonds is 7. The molecular formula is C19H21N3O5. The van der Waals surface area contributed by atoms with Gasteiger partial charge in [-0.2, -0.15) is 0 Å². The van der Waals surface area contributed by atoms with E-state index in [2.05, 4.69) is 5.32 Å². The minimum atomic E-state index is -0.497. The van der Waals surface area contributed by atoms with Gasteiger partial charge in [0.15, 0.2) is 0 Å². The summed E-state index contributed by atoms with van der Waals surface area (Å²) in [5, 5.41) is 13.6. The van der Waals surface area contributed by atoms with E-state index in [4.69, 9.17) is 4.74 Å². The van der Waals surface area contributed by atoms with E-state index in [0.717, 1.165) is 0 Å². The van der Waals surface area contributed by atoms with Gasteiger partial charge in [-0.3, -0.25) is 19.7 Å². The molecule has 0 radical (unpaired) electrons. The minimum Gasteiger partial charge on any atom is -0.497 e. The number of benzene rings is 2. The van der Waals surface area contributed by atoms with Crippen molar-refractivity contribution in [3.63, 3.8) is 0 Å². The maximum absolute atomic E-state index is 12.7. The summed E-state index contributed by atoms with van der Waals surface area (Å²) in [5.41, 5.74) is 1.20. The van der Waals surface area contributed by atoms with Crippen LogP contribution >= 0.6 is 0 Å². The predicted octanol–water partition coefficient (Wildman–Crippen LogP) is 3.01. The number of ether oxygens (including phenoxy) is 1. The number of nitrogens with one attached hydrogen (secondary N) is 1. The third-order valence-electron chi connectivity index (χ3n) is 4.00. The number of hydrogen-bond donors (Lipinski definition) is 1. The molecule has 0 atom stereocenters. The first-order valence-electron chi connectivity index (χ1n) is 8.34. The fraction of sp³-hybridized carbons (Fsp3) is 0.263. The lowest BCUT2D eigenvalue weighted by Gasteiger charge is -2.20. The maximum Gasteiger partial charge on any atom is 0.272 e. The van der Waals surface area contributed by atoms with Crippen molar-refractivity contribution in [3.05, 3.63) is 63.7 Å². The van der Waals surface area contributed by atoms with Crippen LogP contribution in [-0.4, -0.2) is 41.8 Å². The van der Waals surface area contributed by atoms with Crippen molar-refractivity contribution >= 4 is 23.2 Å². The van der Waals surface area contributed by atoms with Gasteiger partial charge >= 0.3 is 0 Å². The Balaban J connectivity index is 2.09. The van der Waals surface area contributed by atoms with Crippen molar-refractivity contribution < 1.29 is 19.2 Å². The number of carbonyl (C=O) groups excluding carboxylic acids is 2. The zero-order valence-electron chi connectivity index (χ0n) is 15.4. The second-order valence-electron chi connectivity index (χ2n) is 5.86. The topological polar surface area (TPSA) is 102 Å². The number of likely N-dealkylation sites (N-methyl/N-ethyl adjacent to an activating group) is 1. The fourth-order valence-electron chi connectivity index (χ4n) is 2.58. The highest BCUT2D eigenvalue weighted by atomic mass is 16.6. The molecule has 27 heavy (non-hydrogen) atoms. The molecule has 0 aliphatic heterocycles. The number of amides is 2. The predicted molar refractivity (Wildman–Crippen MR) is 101 cm³/mol. The molecule has 2 aromatic rings. The molecule has 2 amide bonds. The van der Waals surface area contributed by atoms with Crippen LogP contribution in [0.15, 0.2) is 42.5 Å². The molecule has 0 unspecified atom stereocenters. The Hall–Kier alpha value is -3.42. The molecule has 2 aromatic carbocycles. The number of nitro benzene ring substituents is 1. The minimum absolute atomic E-state index is 0.0506. The number of carbonyl (C=O) groups is 2. The quantitative estimate of drug-likeness (QED) is 0.595. The Morgan fingerprint density at radius 1 is 1.22 bits per heavy atom. The van der Waals surface area contributed by atoms with Crippen molar-refractivity contribution in [1.82, 2.24) is 4.90 Å². The van der Waals surface area contributed by atoms with Gasteiger partial charge in [0.1, 0.15) is 12.3 Å². The lowest BCUT2D eigenvalue weighted by Crippen LogP contribution is -2.37. The molecule has 0 saturated heterocycles. The number of aryl methyl sites for hydroxylation is 1. The van der Waals surface area contributed by atoms with Crippen molar-refractivity contribution in [3.8, 4) is 5.75 Å². The number of nitro groups is 1. The average Bonchev–Trinajstić information content (AvgIpc) is 2.65. The van der Waals surface area contributed by atoms with Gasteiger partial charge in [-0.05, 0) is 38.1 Å². The SMILES string of the molecule is CCN(CC(=O)Nc1cccc(OC)c1)C(=O)c1ccc([N+](=O)[O-])c(C)c1. The van der Waals surface area contributed by atoms with Gasteiger partial charge in [0.05, 0.1) is 12.0 Å². The Morgan fingerprint density at radius 3 is 2.56 bits per heavy atom. The van der Waals surface area contributed by atoms with E-state index in [1.54, 1.807) is 38.1 Å². The highest BCUT2D eigenvalue weighted by Crippen LogP contribution is 2.20. The molecule has 0 aromatic heterocycles. The van der Waals surface area contributed by atoms with Crippen LogP contribution in [0.4, 0.5) is 11.4 Å². The molecule has 8 nitrogen and oxygen atoms in total. The summed E-state index contributed by atoms with van der Waals surface area (Å²) in [6.45, 7) is 3.51. The maximum atomic E-state index is 12.7. The van der Waals surface area contributed by atoms with Crippen LogP contribution < -0.4 is 10.1 Å². The van der Waals surface area contributed by atoms with E-state index in [9.17, 15) is 19.7 Å². The van der Waals surface area contributed by atoms with Crippen LogP contribution in [0.2, 0.25) is 0 Å². The van der Waals surface area contributed by atoms with E-state index in [-0.39, 0.29) is 24.0 Å². The van der Waals surface area contributed by atoms with Crippen molar-refractivity contribution in [2.45, 2.75) is 13.8 Å². The van der Waals surface area contributed by atoms with Gasteiger partial charge in [0.2, 0.25) is 5.91 Å². The summed E-state index contributed by atoms with van der Waals surface area (Å²) in [6, 6.07) is 11.1. The van der Waals surface area contributed by atoms with E-state index in [1.165, 1.54) is 30.2 Å². The molecule has 0 saturated carbocycles. The Bertz CT molecular complexity index is 866. The van der Waals surface area contributed by atoms with Gasteiger partial charge in [0, 0.05) is 35.5 Å². The summed E-state index contributed by atoms with van der Waals surface area (Å²) < 4.78 is 5.11. The van der Waals surface area contributed by atoms with Crippen LogP contribution in [0.5, 0.6) is 5.75 Å². The van der Waals surface area contributed by atoms with Gasteiger partial charge < -0.3 is 15.0 Å². The average molecular weight is 371 g/mol. The van der Waals surface area contributed by atoms with Crippen molar-refractivity contribution in [2.24, 2.45) is 0 Å². The first kappa shape index (κ1) is 19.9. The largest absolute Gasteiger partial charge is 0.497 e. The molecule has 142 valence electrons. The lowest BCUT2D eigenvalue weighted by molar-refractivity contribution is -0.385. The van der Waals surface area contributed by atoms with Gasteiger partial charge in [0.25, 0.3) is 11.6 Å². The fourth-order valence-corrected chi connectivity index (χ4v) is 2.58. The van der Waals surface area contributed by atoms with Gasteiger partial charge in [-0.15, -0.1) is 0 Å². The standard InChI is InChI=1S/C19H21N3O5/c1-4-21(12-18(23)20-15-6-5-7-16(11-15)27-3)19(24)14-8-9-17(22(25)26)13(2)10-14/h5-11H,4,12H2,1-3H3,(H,20,23). The van der Waals surface area contributed by atoms with Gasteiger partial charge in [-0.1, -0.05) is 6.07 Å². The van der Waals surface area contributed by atoms with E-state index < -0.39 is 4.92 Å². The van der Waals surface area contributed by atoms with Gasteiger partial charge in [-0.25, -0.2) is 0 Å². The highest BCUT2D eigenvalue weighted by Gasteiger charge is 2.20. The summed E-state index contributed by atoms with van der Waals surface area (Å²) in [4.78, 5) is 36.7. The number of nitrogens with zero attached hydrogens (tertiary/aromatic N) is 2. The van der Waals surface area contributed by atoms with Crippen LogP contribution in [0.1, 0.15) is 22.8 Å². The van der Waals surface area contributed by atoms with Crippen LogP contribution in [0.25, 0.3) is 0 Å². The molecule has 2 rings (SSSR count). The summed E-state index contributed by atoms with van der Waals surface area (Å²) >= 11 is 0. The number of anilines is 1. The molecule has 1 N–H and O–H groups in total. The number of hydrogen-bond acceptors (Lipinski definition) is 5. The van der Waals surface area contributed by atoms with Crippen LogP contribution in [0.3, 0.4) is 0 Å². The van der Waals surface area contributed by atoms with E-state index in [0.29, 0.717) is 29.1 Å². The second kappa shape index (κ2) is 8.79. The summed E-state index contributed by atoms with van der Waals surface area (Å²) in [7, 11) is 1.53. The summed E-state index contributed by atoms with van der Waals surface area (Å²) in [5.74, 6) is -0.106. The molecule has 0 bridgehead atoms. The normalized spacial score (nSPS) is 10.2. The van der Waals surface area contributed by atoms with E-state index in [1.807, 2.05) is 0 Å². The zero-order chi connectivity index (χ0) is 20.0. The summed E-state index contributed by atoms with van der Waals surface area (Å²) in [6.07, 6.45) is 0. The molecule has 8 heteroatoms. The molecule has 0 aliphatic rings. The molecule has 0 heterocycles. The Kier molecular flexibility index (Phi) is 6.48. The van der Waals surface area contributed by atoms with Crippen LogP contribution in [-0.2, 0) is 4.79 Å². The monoisotopic (exact) mass is 371 g/mol. The second-order valence-corrected chi connectivity index (χ2v) is 5.86. The smallest absolute Gasteiger partial charge is 0.272 e. The van der Waals surface area contributed by atoms with Crippen molar-refractivity contribution in [1.29, 1.82) is 0 Å². The molecule has 0 spiro atoms. The first-order chi connectivity index (χ1) is 12.8. The first-order valence-corrected chi connectivity index (χ1v) is 8.34. The third kappa shape index (κ3) is 5.04. The Labute approximate surface area is 156 Å². The van der Waals surface area contributed by atoms with Crippen LogP contribution in [0, 0.1) is 17.0 Å². The lowest BCUT2D eigenvalue weighted by atomic mass is 10.1. The van der Waals surface area contributed by atoms with E-state index >= 15 is 0 Å². The van der Waals surface area contributed by atoms with Crippen molar-refractivity contribution in [2.75, 3.05) is 25.5 Å².